The second-order valence-corrected chi connectivity index (χ2v) is 7.51. The molecule has 0 spiro atoms. The van der Waals surface area contributed by atoms with Crippen molar-refractivity contribution in [2.45, 2.75) is 20.3 Å². The molecule has 0 aromatic heterocycles. The van der Waals surface area contributed by atoms with Crippen LogP contribution in [0.25, 0.3) is 0 Å². The standard InChI is InChI=1S/C22H25N3O4/c1-14-11-16(21(27)28)13-25(12-14)22(29)24-19-10-6-9-18(15(19)2)20(26)23-17-7-4-3-5-8-17/h3-10,14,16H,11-13H2,1-2H3,(H,23,26)(H,24,29)(H,27,28). The van der Waals surface area contributed by atoms with Crippen LogP contribution in [0.5, 0.6) is 0 Å². The Morgan fingerprint density at radius 1 is 1.00 bits per heavy atom. The highest BCUT2D eigenvalue weighted by Crippen LogP contribution is 2.24. The van der Waals surface area contributed by atoms with Crippen molar-refractivity contribution in [1.29, 1.82) is 0 Å². The number of rotatable bonds is 4. The third-order valence-electron chi connectivity index (χ3n) is 5.15. The fraction of sp³-hybridized carbons (Fsp3) is 0.318. The Morgan fingerprint density at radius 2 is 1.72 bits per heavy atom. The Hall–Kier alpha value is -3.35. The second kappa shape index (κ2) is 8.77. The number of carbonyl (C=O) groups is 3. The van der Waals surface area contributed by atoms with Crippen molar-refractivity contribution in [3.05, 3.63) is 59.7 Å². The van der Waals surface area contributed by atoms with E-state index in [4.69, 9.17) is 0 Å². The molecule has 2 aromatic rings. The third-order valence-corrected chi connectivity index (χ3v) is 5.15. The fourth-order valence-electron chi connectivity index (χ4n) is 3.63. The van der Waals surface area contributed by atoms with Crippen molar-refractivity contribution < 1.29 is 19.5 Å². The summed E-state index contributed by atoms with van der Waals surface area (Å²) in [5.74, 6) is -1.60. The molecule has 3 amide bonds. The number of amides is 3. The van der Waals surface area contributed by atoms with Crippen molar-refractivity contribution in [3.63, 3.8) is 0 Å². The first kappa shape index (κ1) is 20.4. The van der Waals surface area contributed by atoms with Gasteiger partial charge in [-0.15, -0.1) is 0 Å². The van der Waals surface area contributed by atoms with E-state index in [-0.39, 0.29) is 24.4 Å². The molecule has 2 unspecified atom stereocenters. The molecular formula is C22H25N3O4. The quantitative estimate of drug-likeness (QED) is 0.733. The van der Waals surface area contributed by atoms with Gasteiger partial charge in [0, 0.05) is 30.0 Å². The highest BCUT2D eigenvalue weighted by molar-refractivity contribution is 6.06. The largest absolute Gasteiger partial charge is 0.481 e. The maximum Gasteiger partial charge on any atom is 0.321 e. The van der Waals surface area contributed by atoms with Crippen LogP contribution >= 0.6 is 0 Å². The number of benzene rings is 2. The first-order valence-electron chi connectivity index (χ1n) is 9.60. The topological polar surface area (TPSA) is 98.7 Å². The lowest BCUT2D eigenvalue weighted by Crippen LogP contribution is -2.47. The lowest BCUT2D eigenvalue weighted by molar-refractivity contribution is -0.143. The maximum atomic E-state index is 12.7. The zero-order chi connectivity index (χ0) is 21.0. The minimum Gasteiger partial charge on any atom is -0.481 e. The molecule has 1 saturated heterocycles. The van der Waals surface area contributed by atoms with Crippen LogP contribution in [-0.4, -0.2) is 41.0 Å². The van der Waals surface area contributed by atoms with Crippen LogP contribution in [-0.2, 0) is 4.79 Å². The third kappa shape index (κ3) is 4.93. The minimum atomic E-state index is -0.884. The van der Waals surface area contributed by atoms with Gasteiger partial charge < -0.3 is 20.6 Å². The van der Waals surface area contributed by atoms with Crippen LogP contribution in [0.2, 0.25) is 0 Å². The van der Waals surface area contributed by atoms with Gasteiger partial charge in [-0.2, -0.15) is 0 Å². The number of anilines is 2. The molecule has 0 aliphatic carbocycles. The summed E-state index contributed by atoms with van der Waals surface area (Å²) >= 11 is 0. The molecule has 7 heteroatoms. The first-order valence-corrected chi connectivity index (χ1v) is 9.60. The van der Waals surface area contributed by atoms with Gasteiger partial charge in [-0.3, -0.25) is 9.59 Å². The second-order valence-electron chi connectivity index (χ2n) is 7.51. The number of hydrogen-bond donors (Lipinski definition) is 3. The van der Waals surface area contributed by atoms with E-state index in [2.05, 4.69) is 10.6 Å². The van der Waals surface area contributed by atoms with Crippen LogP contribution in [0.4, 0.5) is 16.2 Å². The number of aliphatic carboxylic acids is 1. The van der Waals surface area contributed by atoms with E-state index >= 15 is 0 Å². The van der Waals surface area contributed by atoms with Crippen LogP contribution in [0.3, 0.4) is 0 Å². The van der Waals surface area contributed by atoms with E-state index in [1.807, 2.05) is 25.1 Å². The molecule has 1 heterocycles. The van der Waals surface area contributed by atoms with Crippen LogP contribution in [0.1, 0.15) is 29.3 Å². The number of nitrogens with one attached hydrogen (secondary N) is 2. The summed E-state index contributed by atoms with van der Waals surface area (Å²) in [5, 5.41) is 15.0. The molecule has 0 radical (unpaired) electrons. The molecule has 7 nitrogen and oxygen atoms in total. The summed E-state index contributed by atoms with van der Waals surface area (Å²) < 4.78 is 0. The van der Waals surface area contributed by atoms with E-state index in [0.717, 1.165) is 0 Å². The number of carbonyl (C=O) groups excluding carboxylic acids is 2. The van der Waals surface area contributed by atoms with Gasteiger partial charge in [0.15, 0.2) is 0 Å². The Kier molecular flexibility index (Phi) is 6.16. The van der Waals surface area contributed by atoms with Gasteiger partial charge in [-0.1, -0.05) is 31.2 Å². The number of piperidine rings is 1. The normalized spacial score (nSPS) is 18.8. The van der Waals surface area contributed by atoms with Crippen LogP contribution in [0.15, 0.2) is 48.5 Å². The van der Waals surface area contributed by atoms with E-state index in [9.17, 15) is 19.5 Å². The number of carboxylic acid groups (broad SMARTS) is 1. The summed E-state index contributed by atoms with van der Waals surface area (Å²) in [5.41, 5.74) is 2.32. The van der Waals surface area contributed by atoms with Gasteiger partial charge in [0.25, 0.3) is 5.91 Å². The van der Waals surface area contributed by atoms with Crippen molar-refractivity contribution in [2.24, 2.45) is 11.8 Å². The molecule has 1 fully saturated rings. The Morgan fingerprint density at radius 3 is 2.41 bits per heavy atom. The molecule has 152 valence electrons. The van der Waals surface area contributed by atoms with E-state index in [0.29, 0.717) is 35.5 Å². The summed E-state index contributed by atoms with van der Waals surface area (Å²) in [6.45, 7) is 4.39. The molecular weight excluding hydrogens is 370 g/mol. The SMILES string of the molecule is Cc1c(NC(=O)N2CC(C)CC(C(=O)O)C2)cccc1C(=O)Nc1ccccc1. The Balaban J connectivity index is 1.73. The molecule has 1 aliphatic heterocycles. The number of likely N-dealkylation sites (tertiary alicyclic amines) is 1. The molecule has 1 aliphatic rings. The van der Waals surface area contributed by atoms with E-state index < -0.39 is 11.9 Å². The predicted molar refractivity (Wildman–Crippen MR) is 111 cm³/mol. The average molecular weight is 395 g/mol. The number of carboxylic acids is 1. The fourth-order valence-corrected chi connectivity index (χ4v) is 3.63. The Bertz CT molecular complexity index is 914. The number of urea groups is 1. The van der Waals surface area contributed by atoms with Gasteiger partial charge in [0.2, 0.25) is 0 Å². The highest BCUT2D eigenvalue weighted by Gasteiger charge is 2.32. The van der Waals surface area contributed by atoms with Crippen molar-refractivity contribution in [3.8, 4) is 0 Å². The smallest absolute Gasteiger partial charge is 0.321 e. The summed E-state index contributed by atoms with van der Waals surface area (Å²) in [6.07, 6.45) is 0.563. The van der Waals surface area contributed by atoms with Gasteiger partial charge in [-0.25, -0.2) is 4.79 Å². The zero-order valence-corrected chi connectivity index (χ0v) is 16.5. The Labute approximate surface area is 169 Å². The van der Waals surface area contributed by atoms with Crippen LogP contribution in [0, 0.1) is 18.8 Å². The van der Waals surface area contributed by atoms with Crippen molar-refractivity contribution in [1.82, 2.24) is 4.90 Å². The monoisotopic (exact) mass is 395 g/mol. The summed E-state index contributed by atoms with van der Waals surface area (Å²) in [6, 6.07) is 13.9. The van der Waals surface area contributed by atoms with E-state index in [1.165, 1.54) is 4.90 Å². The lowest BCUT2D eigenvalue weighted by Gasteiger charge is -2.34. The van der Waals surface area contributed by atoms with Gasteiger partial charge >= 0.3 is 12.0 Å². The van der Waals surface area contributed by atoms with Crippen LogP contribution < -0.4 is 10.6 Å². The van der Waals surface area contributed by atoms with Gasteiger partial charge in [0.1, 0.15) is 0 Å². The molecule has 2 atom stereocenters. The summed E-state index contributed by atoms with van der Waals surface area (Å²) in [4.78, 5) is 38.2. The zero-order valence-electron chi connectivity index (χ0n) is 16.5. The number of para-hydroxylation sites is 1. The van der Waals surface area contributed by atoms with Gasteiger partial charge in [0.05, 0.1) is 5.92 Å². The van der Waals surface area contributed by atoms with E-state index in [1.54, 1.807) is 37.3 Å². The molecule has 0 bridgehead atoms. The number of hydrogen-bond acceptors (Lipinski definition) is 3. The molecule has 2 aromatic carbocycles. The lowest BCUT2D eigenvalue weighted by atomic mass is 9.91. The predicted octanol–water partition coefficient (Wildman–Crippen LogP) is 3.82. The highest BCUT2D eigenvalue weighted by atomic mass is 16.4. The minimum absolute atomic E-state index is 0.111. The van der Waals surface area contributed by atoms with Crippen molar-refractivity contribution >= 4 is 29.3 Å². The molecule has 29 heavy (non-hydrogen) atoms. The first-order chi connectivity index (χ1) is 13.8. The van der Waals surface area contributed by atoms with Gasteiger partial charge in [-0.05, 0) is 49.1 Å². The maximum absolute atomic E-state index is 12.7. The molecule has 0 saturated carbocycles. The average Bonchev–Trinajstić information content (AvgIpc) is 2.69. The molecule has 3 N–H and O–H groups in total. The molecule has 3 rings (SSSR count). The summed E-state index contributed by atoms with van der Waals surface area (Å²) in [7, 11) is 0. The van der Waals surface area contributed by atoms with Crippen molar-refractivity contribution in [2.75, 3.05) is 23.7 Å². The number of nitrogens with zero attached hydrogens (tertiary/aromatic N) is 1.